The number of hydrogen-bond donors (Lipinski definition) is 0. The molecular formula is C24H27ClN4. The van der Waals surface area contributed by atoms with Gasteiger partial charge >= 0.3 is 0 Å². The molecule has 5 heteroatoms. The monoisotopic (exact) mass is 406 g/mol. The van der Waals surface area contributed by atoms with Crippen molar-refractivity contribution < 1.29 is 0 Å². The maximum atomic E-state index is 6.39. The fraction of sp³-hybridized carbons (Fsp3) is 0.375. The molecule has 150 valence electrons. The minimum Gasteiger partial charge on any atom is -0.368 e. The topological polar surface area (TPSA) is 24.3 Å². The minimum atomic E-state index is 0.513. The summed E-state index contributed by atoms with van der Waals surface area (Å²) in [6, 6.07) is 22.0. The van der Waals surface area contributed by atoms with Crippen molar-refractivity contribution in [3.05, 3.63) is 71.9 Å². The van der Waals surface area contributed by atoms with Gasteiger partial charge in [0.2, 0.25) is 0 Å². The van der Waals surface area contributed by atoms with Gasteiger partial charge in [-0.25, -0.2) is 0 Å². The van der Waals surface area contributed by atoms with E-state index in [-0.39, 0.29) is 0 Å². The Kier molecular flexibility index (Phi) is 5.30. The summed E-state index contributed by atoms with van der Waals surface area (Å²) in [5.41, 5.74) is 3.43. The van der Waals surface area contributed by atoms with Gasteiger partial charge in [-0.2, -0.15) is 5.10 Å². The Labute approximate surface area is 177 Å². The highest BCUT2D eigenvalue weighted by atomic mass is 35.5. The third-order valence-electron chi connectivity index (χ3n) is 6.45. The highest BCUT2D eigenvalue weighted by molar-refractivity contribution is 6.33. The number of halogens is 1. The molecule has 29 heavy (non-hydrogen) atoms. The SMILES string of the molecule is Clc1ccccc1N1CCN([C@H]2CC[C@@H](n3ccc(-c4ccccc4)n3)C2)CC1. The third-order valence-corrected chi connectivity index (χ3v) is 6.77. The molecule has 0 bridgehead atoms. The maximum absolute atomic E-state index is 6.39. The number of aromatic nitrogens is 2. The molecule has 2 fully saturated rings. The molecular weight excluding hydrogens is 380 g/mol. The highest BCUT2D eigenvalue weighted by Crippen LogP contribution is 2.34. The first-order valence-electron chi connectivity index (χ1n) is 10.6. The van der Waals surface area contributed by atoms with Crippen LogP contribution in [-0.4, -0.2) is 46.9 Å². The van der Waals surface area contributed by atoms with E-state index >= 15 is 0 Å². The second kappa shape index (κ2) is 8.21. The molecule has 0 N–H and O–H groups in total. The quantitative estimate of drug-likeness (QED) is 0.601. The van der Waals surface area contributed by atoms with Crippen LogP contribution < -0.4 is 4.90 Å². The molecule has 3 aromatic rings. The summed E-state index contributed by atoms with van der Waals surface area (Å²) in [4.78, 5) is 5.10. The Balaban J connectivity index is 1.19. The molecule has 1 saturated heterocycles. The Morgan fingerprint density at radius 1 is 0.793 bits per heavy atom. The summed E-state index contributed by atoms with van der Waals surface area (Å²) in [7, 11) is 0. The second-order valence-electron chi connectivity index (χ2n) is 8.14. The summed E-state index contributed by atoms with van der Waals surface area (Å²) in [5, 5.41) is 5.74. The van der Waals surface area contributed by atoms with Crippen LogP contribution in [0.4, 0.5) is 5.69 Å². The Morgan fingerprint density at radius 3 is 2.31 bits per heavy atom. The van der Waals surface area contributed by atoms with Gasteiger partial charge in [0, 0.05) is 44.0 Å². The zero-order valence-electron chi connectivity index (χ0n) is 16.6. The molecule has 1 aliphatic heterocycles. The van der Waals surface area contributed by atoms with Crippen molar-refractivity contribution in [2.24, 2.45) is 0 Å². The Morgan fingerprint density at radius 2 is 1.52 bits per heavy atom. The van der Waals surface area contributed by atoms with E-state index in [4.69, 9.17) is 16.7 Å². The number of anilines is 1. The molecule has 1 aromatic heterocycles. The minimum absolute atomic E-state index is 0.513. The predicted molar refractivity (Wildman–Crippen MR) is 120 cm³/mol. The van der Waals surface area contributed by atoms with Gasteiger partial charge in [-0.1, -0.05) is 54.1 Å². The van der Waals surface area contributed by atoms with Crippen LogP contribution in [0.25, 0.3) is 11.3 Å². The van der Waals surface area contributed by atoms with Crippen LogP contribution in [0, 0.1) is 0 Å². The average molecular weight is 407 g/mol. The fourth-order valence-corrected chi connectivity index (χ4v) is 5.10. The predicted octanol–water partition coefficient (Wildman–Crippen LogP) is 5.12. The molecule has 1 aliphatic carbocycles. The van der Waals surface area contributed by atoms with E-state index in [2.05, 4.69) is 63.1 Å². The van der Waals surface area contributed by atoms with Gasteiger partial charge in [-0.15, -0.1) is 0 Å². The average Bonchev–Trinajstić information content (AvgIpc) is 3.45. The summed E-state index contributed by atoms with van der Waals surface area (Å²) in [6.07, 6.45) is 5.83. The lowest BCUT2D eigenvalue weighted by atomic mass is 10.1. The Hall–Kier alpha value is -2.30. The lowest BCUT2D eigenvalue weighted by Crippen LogP contribution is -2.49. The molecule has 2 aliphatic rings. The van der Waals surface area contributed by atoms with E-state index in [0.717, 1.165) is 36.9 Å². The van der Waals surface area contributed by atoms with Crippen LogP contribution in [-0.2, 0) is 0 Å². The van der Waals surface area contributed by atoms with Crippen LogP contribution in [0.3, 0.4) is 0 Å². The van der Waals surface area contributed by atoms with E-state index in [0.29, 0.717) is 12.1 Å². The third kappa shape index (κ3) is 3.92. The van der Waals surface area contributed by atoms with E-state index in [1.54, 1.807) is 0 Å². The summed E-state index contributed by atoms with van der Waals surface area (Å²) in [6.45, 7) is 4.31. The van der Waals surface area contributed by atoms with E-state index in [1.807, 2.05) is 18.2 Å². The van der Waals surface area contributed by atoms with Crippen molar-refractivity contribution in [2.45, 2.75) is 31.3 Å². The fourth-order valence-electron chi connectivity index (χ4n) is 4.85. The van der Waals surface area contributed by atoms with Crippen molar-refractivity contribution >= 4 is 17.3 Å². The van der Waals surface area contributed by atoms with E-state index in [9.17, 15) is 0 Å². The van der Waals surface area contributed by atoms with Crippen molar-refractivity contribution in [2.75, 3.05) is 31.1 Å². The van der Waals surface area contributed by atoms with Crippen LogP contribution in [0.15, 0.2) is 66.9 Å². The van der Waals surface area contributed by atoms with Gasteiger partial charge in [0.15, 0.2) is 0 Å². The molecule has 2 atom stereocenters. The number of nitrogens with zero attached hydrogens (tertiary/aromatic N) is 4. The van der Waals surface area contributed by atoms with Crippen molar-refractivity contribution in [1.29, 1.82) is 0 Å². The molecule has 4 nitrogen and oxygen atoms in total. The van der Waals surface area contributed by atoms with Gasteiger partial charge < -0.3 is 4.90 Å². The van der Waals surface area contributed by atoms with Crippen LogP contribution >= 0.6 is 11.6 Å². The van der Waals surface area contributed by atoms with Gasteiger partial charge in [-0.05, 0) is 37.5 Å². The standard InChI is InChI=1S/C24H27ClN4/c25-22-8-4-5-9-24(22)28-16-14-27(15-17-28)20-10-11-21(18-20)29-13-12-23(26-29)19-6-2-1-3-7-19/h1-9,12-13,20-21H,10-11,14-18H2/t20-,21+/m0/s1. The number of piperazine rings is 1. The van der Waals surface area contributed by atoms with Gasteiger partial charge in [-0.3, -0.25) is 9.58 Å². The van der Waals surface area contributed by atoms with Crippen molar-refractivity contribution in [3.8, 4) is 11.3 Å². The molecule has 1 saturated carbocycles. The maximum Gasteiger partial charge on any atom is 0.0923 e. The number of hydrogen-bond acceptors (Lipinski definition) is 3. The van der Waals surface area contributed by atoms with Crippen LogP contribution in [0.2, 0.25) is 5.02 Å². The van der Waals surface area contributed by atoms with Crippen molar-refractivity contribution in [3.63, 3.8) is 0 Å². The normalized spacial score (nSPS) is 22.9. The van der Waals surface area contributed by atoms with E-state index in [1.165, 1.54) is 30.5 Å². The molecule has 0 amide bonds. The molecule has 0 unspecified atom stereocenters. The second-order valence-corrected chi connectivity index (χ2v) is 8.55. The summed E-state index contributed by atoms with van der Waals surface area (Å²) in [5.74, 6) is 0. The lowest BCUT2D eigenvalue weighted by molar-refractivity contribution is 0.183. The molecule has 5 rings (SSSR count). The Bertz CT molecular complexity index is 946. The van der Waals surface area contributed by atoms with Crippen molar-refractivity contribution in [1.82, 2.24) is 14.7 Å². The summed E-state index contributed by atoms with van der Waals surface area (Å²) < 4.78 is 2.20. The number of para-hydroxylation sites is 1. The first kappa shape index (κ1) is 18.7. The first-order chi connectivity index (χ1) is 14.3. The van der Waals surface area contributed by atoms with Crippen LogP contribution in [0.5, 0.6) is 0 Å². The van der Waals surface area contributed by atoms with Gasteiger partial charge in [0.05, 0.1) is 22.4 Å². The molecule has 2 heterocycles. The zero-order chi connectivity index (χ0) is 19.6. The zero-order valence-corrected chi connectivity index (χ0v) is 17.4. The lowest BCUT2D eigenvalue weighted by Gasteiger charge is -2.39. The van der Waals surface area contributed by atoms with Gasteiger partial charge in [0.25, 0.3) is 0 Å². The smallest absolute Gasteiger partial charge is 0.0923 e. The largest absolute Gasteiger partial charge is 0.368 e. The first-order valence-corrected chi connectivity index (χ1v) is 11.0. The van der Waals surface area contributed by atoms with E-state index < -0.39 is 0 Å². The molecule has 2 aromatic carbocycles. The summed E-state index contributed by atoms with van der Waals surface area (Å²) >= 11 is 6.39. The number of rotatable bonds is 4. The molecule has 0 radical (unpaired) electrons. The van der Waals surface area contributed by atoms with Gasteiger partial charge in [0.1, 0.15) is 0 Å². The van der Waals surface area contributed by atoms with Crippen LogP contribution in [0.1, 0.15) is 25.3 Å². The highest BCUT2D eigenvalue weighted by Gasteiger charge is 2.32. The number of benzene rings is 2. The molecule has 0 spiro atoms.